The van der Waals surface area contributed by atoms with Crippen LogP contribution in [0, 0.1) is 0 Å². The molecule has 48 valence electrons. The molecule has 9 heavy (non-hydrogen) atoms. The average molecular weight is 123 g/mol. The normalized spacial score (nSPS) is 16.4. The van der Waals surface area contributed by atoms with E-state index in [0.29, 0.717) is 0 Å². The second-order valence-corrected chi connectivity index (χ2v) is 1.61. The number of hydrogen-bond donors (Lipinski definition) is 3. The largest absolute Gasteiger partial charge is 0.302 e. The number of rotatable bonds is 2. The van der Waals surface area contributed by atoms with Crippen molar-refractivity contribution in [2.24, 2.45) is 0 Å². The van der Waals surface area contributed by atoms with Gasteiger partial charge in [0.2, 0.25) is 0 Å². The maximum Gasteiger partial charge on any atom is 0.0744 e. The smallest absolute Gasteiger partial charge is 0.0744 e. The molecule has 0 atom stereocenters. The Morgan fingerprint density at radius 3 is 1.78 bits per heavy atom. The maximum atomic E-state index is 3.59. The highest BCUT2D eigenvalue weighted by atomic mass is 15.6. The van der Waals surface area contributed by atoms with Crippen LogP contribution in [0.15, 0.2) is 36.7 Å². The first-order chi connectivity index (χ1) is 4.38. The molecule has 1 aliphatic rings. The third-order valence-corrected chi connectivity index (χ3v) is 1.09. The SMILES string of the molecule is C=CC1=C(C=C)NNN1. The summed E-state index contributed by atoms with van der Waals surface area (Å²) in [5.41, 5.74) is 10.2. The van der Waals surface area contributed by atoms with Crippen LogP contribution in [0.1, 0.15) is 0 Å². The van der Waals surface area contributed by atoms with E-state index in [-0.39, 0.29) is 0 Å². The molecule has 0 bridgehead atoms. The molecule has 0 amide bonds. The van der Waals surface area contributed by atoms with Gasteiger partial charge in [0.25, 0.3) is 0 Å². The number of nitrogens with one attached hydrogen (secondary N) is 3. The topological polar surface area (TPSA) is 36.1 Å². The van der Waals surface area contributed by atoms with Crippen LogP contribution >= 0.6 is 0 Å². The Hall–Kier alpha value is -1.22. The van der Waals surface area contributed by atoms with E-state index >= 15 is 0 Å². The van der Waals surface area contributed by atoms with Crippen molar-refractivity contribution in [2.45, 2.75) is 0 Å². The second kappa shape index (κ2) is 2.37. The molecule has 0 aromatic rings. The highest BCUT2D eigenvalue weighted by Crippen LogP contribution is 2.01. The standard InChI is InChI=1S/C6H9N3/c1-3-5-6(4-2)8-9-7-5/h3-4,7-9H,1-2H2. The molecule has 0 saturated heterocycles. The average Bonchev–Trinajstić information content (AvgIpc) is 2.33. The van der Waals surface area contributed by atoms with Gasteiger partial charge in [-0.25, -0.2) is 0 Å². The fourth-order valence-electron chi connectivity index (χ4n) is 0.623. The molecular weight excluding hydrogens is 114 g/mol. The van der Waals surface area contributed by atoms with Crippen LogP contribution in [0.25, 0.3) is 0 Å². The summed E-state index contributed by atoms with van der Waals surface area (Å²) < 4.78 is 0. The lowest BCUT2D eigenvalue weighted by atomic mass is 10.3. The number of hydrogen-bond acceptors (Lipinski definition) is 3. The van der Waals surface area contributed by atoms with Gasteiger partial charge in [0, 0.05) is 0 Å². The molecule has 0 unspecified atom stereocenters. The third-order valence-electron chi connectivity index (χ3n) is 1.09. The van der Waals surface area contributed by atoms with Gasteiger partial charge in [0.05, 0.1) is 11.4 Å². The molecule has 0 fully saturated rings. The summed E-state index contributed by atoms with van der Waals surface area (Å²) in [6, 6.07) is 0. The van der Waals surface area contributed by atoms with Gasteiger partial charge in [-0.15, -0.1) is 5.53 Å². The molecule has 0 radical (unpaired) electrons. The summed E-state index contributed by atoms with van der Waals surface area (Å²) in [5, 5.41) is 0. The fraction of sp³-hybridized carbons (Fsp3) is 0. The van der Waals surface area contributed by atoms with E-state index in [1.54, 1.807) is 12.2 Å². The van der Waals surface area contributed by atoms with Crippen molar-refractivity contribution < 1.29 is 0 Å². The summed E-state index contributed by atoms with van der Waals surface area (Å²) in [6.07, 6.45) is 3.42. The maximum absolute atomic E-state index is 3.59. The van der Waals surface area contributed by atoms with Gasteiger partial charge in [-0.05, 0) is 12.2 Å². The van der Waals surface area contributed by atoms with E-state index < -0.39 is 0 Å². The predicted octanol–water partition coefficient (Wildman–Crippen LogP) is 0.182. The monoisotopic (exact) mass is 123 g/mol. The molecule has 1 heterocycles. The molecule has 0 aliphatic carbocycles. The quantitative estimate of drug-likeness (QED) is 0.490. The summed E-state index contributed by atoms with van der Waals surface area (Å²) in [6.45, 7) is 7.19. The minimum atomic E-state index is 0.921. The highest BCUT2D eigenvalue weighted by Gasteiger charge is 2.04. The van der Waals surface area contributed by atoms with E-state index in [1.165, 1.54) is 0 Å². The summed E-state index contributed by atoms with van der Waals surface area (Å²) in [7, 11) is 0. The van der Waals surface area contributed by atoms with Gasteiger partial charge in [-0.2, -0.15) is 0 Å². The zero-order chi connectivity index (χ0) is 6.69. The first kappa shape index (κ1) is 5.91. The Balaban J connectivity index is 2.81. The summed E-state index contributed by atoms with van der Waals surface area (Å²) >= 11 is 0. The zero-order valence-electron chi connectivity index (χ0n) is 5.07. The first-order valence-electron chi connectivity index (χ1n) is 2.64. The minimum Gasteiger partial charge on any atom is -0.302 e. The van der Waals surface area contributed by atoms with Crippen LogP contribution < -0.4 is 16.4 Å². The lowest BCUT2D eigenvalue weighted by Gasteiger charge is -1.92. The molecule has 3 nitrogen and oxygen atoms in total. The molecule has 3 heteroatoms. The molecule has 1 aliphatic heterocycles. The van der Waals surface area contributed by atoms with Crippen LogP contribution in [-0.2, 0) is 0 Å². The van der Waals surface area contributed by atoms with E-state index in [9.17, 15) is 0 Å². The van der Waals surface area contributed by atoms with Gasteiger partial charge in [0.15, 0.2) is 0 Å². The van der Waals surface area contributed by atoms with E-state index in [1.807, 2.05) is 0 Å². The molecule has 0 saturated carbocycles. The van der Waals surface area contributed by atoms with Crippen molar-refractivity contribution >= 4 is 0 Å². The molecule has 0 aromatic carbocycles. The summed E-state index contributed by atoms with van der Waals surface area (Å²) in [5.74, 6) is 0. The van der Waals surface area contributed by atoms with E-state index in [0.717, 1.165) is 11.4 Å². The Morgan fingerprint density at radius 2 is 1.44 bits per heavy atom. The van der Waals surface area contributed by atoms with E-state index in [2.05, 4.69) is 29.5 Å². The highest BCUT2D eigenvalue weighted by molar-refractivity contribution is 5.30. The van der Waals surface area contributed by atoms with Crippen LogP contribution in [0.2, 0.25) is 0 Å². The predicted molar refractivity (Wildman–Crippen MR) is 36.8 cm³/mol. The van der Waals surface area contributed by atoms with Crippen LogP contribution in [0.5, 0.6) is 0 Å². The van der Waals surface area contributed by atoms with Crippen LogP contribution in [0.3, 0.4) is 0 Å². The van der Waals surface area contributed by atoms with Crippen molar-refractivity contribution in [2.75, 3.05) is 0 Å². The Labute approximate surface area is 54.1 Å². The molecule has 3 N–H and O–H groups in total. The van der Waals surface area contributed by atoms with Crippen molar-refractivity contribution in [1.29, 1.82) is 0 Å². The van der Waals surface area contributed by atoms with Crippen molar-refractivity contribution in [3.8, 4) is 0 Å². The summed E-state index contributed by atoms with van der Waals surface area (Å²) in [4.78, 5) is 0. The lowest BCUT2D eigenvalue weighted by Crippen LogP contribution is -2.32. The molecule has 0 aromatic heterocycles. The van der Waals surface area contributed by atoms with Gasteiger partial charge in [0.1, 0.15) is 0 Å². The van der Waals surface area contributed by atoms with Crippen LogP contribution in [-0.4, -0.2) is 0 Å². The van der Waals surface area contributed by atoms with Gasteiger partial charge < -0.3 is 10.9 Å². The molecule has 0 spiro atoms. The van der Waals surface area contributed by atoms with Gasteiger partial charge in [-0.3, -0.25) is 0 Å². The van der Waals surface area contributed by atoms with Gasteiger partial charge >= 0.3 is 0 Å². The minimum absolute atomic E-state index is 0.921. The lowest BCUT2D eigenvalue weighted by molar-refractivity contribution is 0.598. The Bertz CT molecular complexity index is 151. The number of hydrazine groups is 2. The third kappa shape index (κ3) is 0.948. The van der Waals surface area contributed by atoms with Crippen LogP contribution in [0.4, 0.5) is 0 Å². The molecule has 1 rings (SSSR count). The zero-order valence-corrected chi connectivity index (χ0v) is 5.07. The second-order valence-electron chi connectivity index (χ2n) is 1.61. The Morgan fingerprint density at radius 1 is 1.00 bits per heavy atom. The van der Waals surface area contributed by atoms with Crippen molar-refractivity contribution in [3.05, 3.63) is 36.7 Å². The van der Waals surface area contributed by atoms with Gasteiger partial charge in [-0.1, -0.05) is 13.2 Å². The molecular formula is C6H9N3. The Kier molecular flexibility index (Phi) is 1.55. The van der Waals surface area contributed by atoms with E-state index in [4.69, 9.17) is 0 Å². The van der Waals surface area contributed by atoms with Crippen molar-refractivity contribution in [1.82, 2.24) is 16.4 Å². The number of allylic oxidation sites excluding steroid dienone is 2. The fourth-order valence-corrected chi connectivity index (χ4v) is 0.623. The van der Waals surface area contributed by atoms with Crippen molar-refractivity contribution in [3.63, 3.8) is 0 Å². The first-order valence-corrected chi connectivity index (χ1v) is 2.64.